The van der Waals surface area contributed by atoms with Gasteiger partial charge < -0.3 is 15.2 Å². The lowest BCUT2D eigenvalue weighted by molar-refractivity contribution is 0.216. The SMILES string of the molecule is N[C@H]1CCCN(c2cccc(C3NNC4CNC(n5ccnc5)CC43)n2)C1. The summed E-state index contributed by atoms with van der Waals surface area (Å²) in [4.78, 5) is 11.5. The molecule has 3 aliphatic rings. The van der Waals surface area contributed by atoms with Crippen molar-refractivity contribution in [2.45, 2.75) is 43.6 Å². The van der Waals surface area contributed by atoms with Crippen LogP contribution in [0.4, 0.5) is 5.82 Å². The molecule has 5 heterocycles. The standard InChI is InChI=1S/C19H28N8/c20-13-3-2-7-26(11-13)17-5-1-4-15(23-17)19-14-9-18(27-8-6-21-12-27)22-10-16(14)24-25-19/h1,4-6,8,12-14,16,18-19,22,24-25H,2-3,7,9-11,20H2/t13-,14?,16?,18?,19?/m0/s1. The number of piperidine rings is 2. The molecule has 3 fully saturated rings. The molecule has 3 saturated heterocycles. The first-order valence-corrected chi connectivity index (χ1v) is 9.97. The first kappa shape index (κ1) is 17.1. The van der Waals surface area contributed by atoms with Crippen LogP contribution in [-0.4, -0.2) is 46.3 Å². The fraction of sp³-hybridized carbons (Fsp3) is 0.579. The van der Waals surface area contributed by atoms with Crippen LogP contribution in [0.15, 0.2) is 36.9 Å². The third-order valence-corrected chi connectivity index (χ3v) is 6.18. The van der Waals surface area contributed by atoms with Gasteiger partial charge in [-0.05, 0) is 31.4 Å². The van der Waals surface area contributed by atoms with Crippen molar-refractivity contribution in [2.75, 3.05) is 24.5 Å². The molecule has 5 rings (SSSR count). The summed E-state index contributed by atoms with van der Waals surface area (Å²) in [6.07, 6.45) is 9.32. The summed E-state index contributed by atoms with van der Waals surface area (Å²) in [5, 5.41) is 3.61. The van der Waals surface area contributed by atoms with Crippen molar-refractivity contribution in [1.82, 2.24) is 30.7 Å². The van der Waals surface area contributed by atoms with Crippen LogP contribution < -0.4 is 26.8 Å². The second-order valence-electron chi connectivity index (χ2n) is 7.98. The molecule has 27 heavy (non-hydrogen) atoms. The van der Waals surface area contributed by atoms with E-state index in [1.165, 1.54) is 0 Å². The molecule has 0 radical (unpaired) electrons. The molecule has 0 aliphatic carbocycles. The Hall–Kier alpha value is -2.00. The first-order chi connectivity index (χ1) is 13.3. The van der Waals surface area contributed by atoms with Crippen LogP contribution in [0, 0.1) is 5.92 Å². The van der Waals surface area contributed by atoms with Gasteiger partial charge >= 0.3 is 0 Å². The minimum Gasteiger partial charge on any atom is -0.355 e. The zero-order valence-corrected chi connectivity index (χ0v) is 15.5. The molecular weight excluding hydrogens is 340 g/mol. The average Bonchev–Trinajstić information content (AvgIpc) is 3.37. The Labute approximate surface area is 159 Å². The monoisotopic (exact) mass is 368 g/mol. The Morgan fingerprint density at radius 2 is 2.19 bits per heavy atom. The minimum atomic E-state index is 0.210. The van der Waals surface area contributed by atoms with Crippen molar-refractivity contribution in [1.29, 1.82) is 0 Å². The molecule has 0 saturated carbocycles. The summed E-state index contributed by atoms with van der Waals surface area (Å²) in [6, 6.07) is 7.24. The van der Waals surface area contributed by atoms with E-state index in [9.17, 15) is 0 Å². The number of hydrazine groups is 1. The normalized spacial score (nSPS) is 33.8. The number of aromatic nitrogens is 3. The number of hydrogen-bond acceptors (Lipinski definition) is 7. The Kier molecular flexibility index (Phi) is 4.56. The van der Waals surface area contributed by atoms with Crippen LogP contribution in [0.2, 0.25) is 0 Å². The summed E-state index contributed by atoms with van der Waals surface area (Å²) in [6.45, 7) is 2.86. The highest BCUT2D eigenvalue weighted by atomic mass is 15.4. The number of anilines is 1. The zero-order chi connectivity index (χ0) is 18.2. The maximum atomic E-state index is 6.17. The fourth-order valence-corrected chi connectivity index (χ4v) is 4.73. The molecule has 8 nitrogen and oxygen atoms in total. The average molecular weight is 368 g/mol. The fourth-order valence-electron chi connectivity index (χ4n) is 4.73. The second-order valence-corrected chi connectivity index (χ2v) is 7.98. The lowest BCUT2D eigenvalue weighted by Crippen LogP contribution is -2.47. The van der Waals surface area contributed by atoms with Gasteiger partial charge in [0, 0.05) is 50.0 Å². The molecule has 0 bridgehead atoms. The number of fused-ring (bicyclic) bond motifs is 1. The van der Waals surface area contributed by atoms with Gasteiger partial charge in [0.1, 0.15) is 5.82 Å². The smallest absolute Gasteiger partial charge is 0.128 e. The quantitative estimate of drug-likeness (QED) is 0.628. The number of rotatable bonds is 3. The van der Waals surface area contributed by atoms with Gasteiger partial charge in [0.15, 0.2) is 0 Å². The molecule has 0 amide bonds. The van der Waals surface area contributed by atoms with Crippen LogP contribution in [0.5, 0.6) is 0 Å². The van der Waals surface area contributed by atoms with Gasteiger partial charge in [-0.2, -0.15) is 0 Å². The summed E-state index contributed by atoms with van der Waals surface area (Å²) in [7, 11) is 0. The van der Waals surface area contributed by atoms with E-state index in [0.29, 0.717) is 12.0 Å². The third kappa shape index (κ3) is 3.34. The van der Waals surface area contributed by atoms with Gasteiger partial charge in [0.05, 0.1) is 24.2 Å². The molecule has 0 spiro atoms. The predicted octanol–water partition coefficient (Wildman–Crippen LogP) is 0.531. The largest absolute Gasteiger partial charge is 0.355 e. The van der Waals surface area contributed by atoms with Crippen LogP contribution >= 0.6 is 0 Å². The topological polar surface area (TPSA) is 96.1 Å². The van der Waals surface area contributed by atoms with Gasteiger partial charge in [-0.1, -0.05) is 6.07 Å². The predicted molar refractivity (Wildman–Crippen MR) is 104 cm³/mol. The van der Waals surface area contributed by atoms with Crippen LogP contribution in [0.1, 0.15) is 37.2 Å². The Bertz CT molecular complexity index is 763. The van der Waals surface area contributed by atoms with E-state index in [-0.39, 0.29) is 18.2 Å². The Morgan fingerprint density at radius 1 is 1.22 bits per heavy atom. The zero-order valence-electron chi connectivity index (χ0n) is 15.5. The summed E-state index contributed by atoms with van der Waals surface area (Å²) in [5.74, 6) is 1.53. The van der Waals surface area contributed by atoms with Gasteiger partial charge in [-0.3, -0.25) is 10.7 Å². The van der Waals surface area contributed by atoms with E-state index in [0.717, 1.165) is 50.4 Å². The molecule has 5 N–H and O–H groups in total. The number of nitrogens with one attached hydrogen (secondary N) is 3. The molecule has 2 aromatic heterocycles. The first-order valence-electron chi connectivity index (χ1n) is 9.97. The number of pyridine rings is 1. The van der Waals surface area contributed by atoms with E-state index < -0.39 is 0 Å². The number of nitrogens with two attached hydrogens (primary N) is 1. The van der Waals surface area contributed by atoms with Gasteiger partial charge in [-0.15, -0.1) is 0 Å². The number of hydrogen-bond donors (Lipinski definition) is 4. The lowest BCUT2D eigenvalue weighted by atomic mass is 9.85. The van der Waals surface area contributed by atoms with Crippen molar-refractivity contribution in [3.63, 3.8) is 0 Å². The van der Waals surface area contributed by atoms with Crippen LogP contribution in [0.25, 0.3) is 0 Å². The number of nitrogens with zero attached hydrogens (tertiary/aromatic N) is 4. The molecule has 8 heteroatoms. The maximum absolute atomic E-state index is 6.17. The van der Waals surface area contributed by atoms with Gasteiger partial charge in [0.2, 0.25) is 0 Å². The lowest BCUT2D eigenvalue weighted by Gasteiger charge is -2.35. The summed E-state index contributed by atoms with van der Waals surface area (Å²) < 4.78 is 2.16. The van der Waals surface area contributed by atoms with Gasteiger partial charge in [-0.25, -0.2) is 15.4 Å². The molecule has 4 unspecified atom stereocenters. The summed E-state index contributed by atoms with van der Waals surface area (Å²) in [5.41, 5.74) is 14.2. The maximum Gasteiger partial charge on any atom is 0.128 e. The third-order valence-electron chi connectivity index (χ3n) is 6.18. The van der Waals surface area contributed by atoms with Crippen molar-refractivity contribution in [2.24, 2.45) is 11.7 Å². The Morgan fingerprint density at radius 3 is 3.04 bits per heavy atom. The molecule has 0 aromatic carbocycles. The molecule has 2 aromatic rings. The molecule has 5 atom stereocenters. The highest BCUT2D eigenvalue weighted by molar-refractivity contribution is 5.41. The van der Waals surface area contributed by atoms with E-state index in [2.05, 4.69) is 48.8 Å². The molecular formula is C19H28N8. The van der Waals surface area contributed by atoms with Crippen LogP contribution in [-0.2, 0) is 0 Å². The van der Waals surface area contributed by atoms with Crippen molar-refractivity contribution in [3.05, 3.63) is 42.6 Å². The molecule has 144 valence electrons. The number of imidazole rings is 1. The second kappa shape index (κ2) is 7.20. The van der Waals surface area contributed by atoms with E-state index in [4.69, 9.17) is 10.7 Å². The summed E-state index contributed by atoms with van der Waals surface area (Å²) >= 11 is 0. The van der Waals surface area contributed by atoms with E-state index in [1.54, 1.807) is 0 Å². The van der Waals surface area contributed by atoms with Crippen molar-refractivity contribution < 1.29 is 0 Å². The van der Waals surface area contributed by atoms with E-state index in [1.807, 2.05) is 18.7 Å². The van der Waals surface area contributed by atoms with Crippen molar-refractivity contribution in [3.8, 4) is 0 Å². The highest BCUT2D eigenvalue weighted by Crippen LogP contribution is 2.36. The van der Waals surface area contributed by atoms with Gasteiger partial charge in [0.25, 0.3) is 0 Å². The molecule has 3 aliphatic heterocycles. The van der Waals surface area contributed by atoms with Crippen LogP contribution in [0.3, 0.4) is 0 Å². The van der Waals surface area contributed by atoms with Crippen molar-refractivity contribution >= 4 is 5.82 Å². The van der Waals surface area contributed by atoms with E-state index >= 15 is 0 Å². The minimum absolute atomic E-state index is 0.210. The Balaban J connectivity index is 1.35. The highest BCUT2D eigenvalue weighted by Gasteiger charge is 2.42.